The maximum Gasteiger partial charge on any atom is 0.311 e. The van der Waals surface area contributed by atoms with E-state index < -0.39 is 11.9 Å². The largest absolute Gasteiger partial charge is 0.486 e. The van der Waals surface area contributed by atoms with Crippen LogP contribution < -0.4 is 16.2 Å². The van der Waals surface area contributed by atoms with Crippen molar-refractivity contribution < 1.29 is 19.2 Å². The highest BCUT2D eigenvalue weighted by molar-refractivity contribution is 5.99. The van der Waals surface area contributed by atoms with Gasteiger partial charge in [-0.1, -0.05) is 42.5 Å². The molecule has 7 heteroatoms. The summed E-state index contributed by atoms with van der Waals surface area (Å²) in [5, 5.41) is 19.5. The maximum absolute atomic E-state index is 12.1. The second kappa shape index (κ2) is 9.32. The van der Waals surface area contributed by atoms with Gasteiger partial charge in [0.2, 0.25) is 5.84 Å². The summed E-state index contributed by atoms with van der Waals surface area (Å²) in [7, 11) is 0. The van der Waals surface area contributed by atoms with Crippen LogP contribution in [0.5, 0.6) is 5.75 Å². The summed E-state index contributed by atoms with van der Waals surface area (Å²) in [6.45, 7) is 3.53. The Labute approximate surface area is 192 Å². The molecule has 0 saturated carbocycles. The number of fused-ring (bicyclic) bond motifs is 1. The zero-order valence-corrected chi connectivity index (χ0v) is 18.6. The summed E-state index contributed by atoms with van der Waals surface area (Å²) in [4.78, 5) is 12.1. The summed E-state index contributed by atoms with van der Waals surface area (Å²) in [6.07, 6.45) is 1.34. The summed E-state index contributed by atoms with van der Waals surface area (Å²) < 4.78 is 8.16. The Hall–Kier alpha value is -3.87. The predicted octanol–water partition coefficient (Wildman–Crippen LogP) is 3.08. The van der Waals surface area contributed by atoms with Crippen molar-refractivity contribution in [1.29, 1.82) is 5.41 Å². The fourth-order valence-corrected chi connectivity index (χ4v) is 4.29. The molecule has 33 heavy (non-hydrogen) atoms. The first-order chi connectivity index (χ1) is 15.8. The minimum absolute atomic E-state index is 0.00892. The van der Waals surface area contributed by atoms with Crippen LogP contribution in [-0.2, 0) is 11.2 Å². The molecule has 3 aromatic rings. The molecule has 0 amide bonds. The summed E-state index contributed by atoms with van der Waals surface area (Å²) in [5.41, 5.74) is 13.8. The van der Waals surface area contributed by atoms with Crippen LogP contribution in [0.3, 0.4) is 0 Å². The highest BCUT2D eigenvalue weighted by Gasteiger charge is 2.25. The Morgan fingerprint density at radius 3 is 2.48 bits per heavy atom. The van der Waals surface area contributed by atoms with Crippen molar-refractivity contribution in [1.82, 2.24) is 0 Å². The number of aliphatic carboxylic acids is 1. The van der Waals surface area contributed by atoms with E-state index in [1.54, 1.807) is 0 Å². The van der Waals surface area contributed by atoms with Gasteiger partial charge in [0.15, 0.2) is 0 Å². The van der Waals surface area contributed by atoms with Crippen molar-refractivity contribution in [3.63, 3.8) is 0 Å². The lowest BCUT2D eigenvalue weighted by Crippen LogP contribution is -2.26. The van der Waals surface area contributed by atoms with Crippen molar-refractivity contribution in [3.8, 4) is 5.75 Å². The molecular formula is C26H29N4O3+. The number of nitrogens with zero attached hydrogens (tertiary/aromatic N) is 1. The molecule has 4 rings (SSSR count). The van der Waals surface area contributed by atoms with Crippen LogP contribution in [0, 0.1) is 5.41 Å². The predicted molar refractivity (Wildman–Crippen MR) is 129 cm³/mol. The van der Waals surface area contributed by atoms with Gasteiger partial charge in [0.05, 0.1) is 12.5 Å². The Kier molecular flexibility index (Phi) is 6.31. The number of nitrogens with one attached hydrogen (secondary N) is 1. The number of carbonyl (C=O) groups is 1. The standard InChI is InChI=1S/C26H28N4O3/c1-16(27)30-11-10-23(15-30)33-22-8-6-19(7-9-22)24(26(31)32)13-17-2-3-18-4-5-20(25(28)29)14-21(18)12-17/h2-9,12,14,23-24,27H,10-11,13,15H2,1H3,(H4,28,29,31,32)/p+1. The van der Waals surface area contributed by atoms with Crippen LogP contribution in [0.2, 0.25) is 0 Å². The van der Waals surface area contributed by atoms with E-state index in [1.807, 2.05) is 67.6 Å². The molecule has 0 aliphatic carbocycles. The Morgan fingerprint density at radius 1 is 1.12 bits per heavy atom. The zero-order chi connectivity index (χ0) is 23.5. The Bertz CT molecular complexity index is 1230. The number of benzene rings is 3. The van der Waals surface area contributed by atoms with Gasteiger partial charge in [0.25, 0.3) is 0 Å². The smallest absolute Gasteiger partial charge is 0.311 e. The summed E-state index contributed by atoms with van der Waals surface area (Å²) >= 11 is 0. The highest BCUT2D eigenvalue weighted by Crippen LogP contribution is 2.27. The third-order valence-electron chi connectivity index (χ3n) is 6.18. The van der Waals surface area contributed by atoms with Gasteiger partial charge in [0, 0.05) is 18.9 Å². The lowest BCUT2D eigenvalue weighted by Gasteiger charge is -2.16. The van der Waals surface area contributed by atoms with E-state index in [0.717, 1.165) is 53.0 Å². The van der Waals surface area contributed by atoms with Crippen LogP contribution in [-0.4, -0.2) is 46.5 Å². The van der Waals surface area contributed by atoms with Gasteiger partial charge in [0.1, 0.15) is 24.2 Å². The number of rotatable bonds is 7. The fourth-order valence-electron chi connectivity index (χ4n) is 4.29. The normalized spacial score (nSPS) is 18.2. The van der Waals surface area contributed by atoms with E-state index in [9.17, 15) is 9.90 Å². The second-order valence-corrected chi connectivity index (χ2v) is 8.59. The van der Waals surface area contributed by atoms with Crippen molar-refractivity contribution in [2.45, 2.75) is 31.8 Å². The summed E-state index contributed by atoms with van der Waals surface area (Å²) in [6, 6.07) is 18.8. The minimum Gasteiger partial charge on any atom is -0.486 e. The van der Waals surface area contributed by atoms with E-state index in [1.165, 1.54) is 0 Å². The SMILES string of the molecule is CC(N)=[N+]1CCC(Oc2ccc(C(Cc3ccc4ccc(C(=N)N)cc4c3)C(=O)O)cc2)C1. The number of amidine groups is 2. The van der Waals surface area contributed by atoms with Gasteiger partial charge in [-0.25, -0.2) is 0 Å². The molecule has 1 aliphatic heterocycles. The molecule has 0 aromatic heterocycles. The third kappa shape index (κ3) is 5.14. The second-order valence-electron chi connectivity index (χ2n) is 8.59. The molecule has 0 spiro atoms. The number of hydrogen-bond donors (Lipinski definition) is 4. The van der Waals surface area contributed by atoms with Crippen LogP contribution in [0.15, 0.2) is 60.7 Å². The van der Waals surface area contributed by atoms with Gasteiger partial charge < -0.3 is 15.6 Å². The van der Waals surface area contributed by atoms with Crippen LogP contribution >= 0.6 is 0 Å². The lowest BCUT2D eigenvalue weighted by atomic mass is 9.91. The molecule has 1 heterocycles. The highest BCUT2D eigenvalue weighted by atomic mass is 16.5. The molecule has 7 nitrogen and oxygen atoms in total. The van der Waals surface area contributed by atoms with E-state index in [0.29, 0.717) is 12.0 Å². The Balaban J connectivity index is 1.50. The molecule has 0 radical (unpaired) electrons. The first kappa shape index (κ1) is 22.3. The molecule has 0 bridgehead atoms. The first-order valence-corrected chi connectivity index (χ1v) is 11.0. The average Bonchev–Trinajstić information content (AvgIpc) is 3.26. The van der Waals surface area contributed by atoms with Crippen molar-refractivity contribution in [3.05, 3.63) is 77.4 Å². The van der Waals surface area contributed by atoms with Gasteiger partial charge >= 0.3 is 5.97 Å². The molecular weight excluding hydrogens is 416 g/mol. The van der Waals surface area contributed by atoms with Crippen LogP contribution in [0.25, 0.3) is 10.8 Å². The molecule has 2 atom stereocenters. The van der Waals surface area contributed by atoms with Crippen LogP contribution in [0.4, 0.5) is 0 Å². The molecule has 6 N–H and O–H groups in total. The van der Waals surface area contributed by atoms with E-state index in [4.69, 9.17) is 21.6 Å². The number of ether oxygens (including phenoxy) is 1. The number of carboxylic acids is 1. The molecule has 1 aliphatic rings. The van der Waals surface area contributed by atoms with Gasteiger partial charge in [-0.15, -0.1) is 0 Å². The first-order valence-electron chi connectivity index (χ1n) is 11.0. The number of carboxylic acid groups (broad SMARTS) is 1. The molecule has 1 fully saturated rings. The fraction of sp³-hybridized carbons (Fsp3) is 0.269. The Morgan fingerprint density at radius 2 is 1.85 bits per heavy atom. The summed E-state index contributed by atoms with van der Waals surface area (Å²) in [5.74, 6) is -0.0148. The van der Waals surface area contributed by atoms with E-state index >= 15 is 0 Å². The zero-order valence-electron chi connectivity index (χ0n) is 18.6. The molecule has 2 unspecified atom stereocenters. The van der Waals surface area contributed by atoms with Crippen molar-refractivity contribution in [2.75, 3.05) is 13.1 Å². The number of nitrogen functional groups attached to an aromatic ring is 1. The van der Waals surface area contributed by atoms with Gasteiger partial charge in [-0.3, -0.25) is 20.5 Å². The third-order valence-corrected chi connectivity index (χ3v) is 6.18. The van der Waals surface area contributed by atoms with Crippen molar-refractivity contribution >= 4 is 28.4 Å². The lowest BCUT2D eigenvalue weighted by molar-refractivity contribution is -0.510. The molecule has 1 saturated heterocycles. The number of nitrogens with two attached hydrogens (primary N) is 2. The van der Waals surface area contributed by atoms with Gasteiger partial charge in [-0.05, 0) is 46.5 Å². The van der Waals surface area contributed by atoms with Crippen molar-refractivity contribution in [2.24, 2.45) is 11.5 Å². The van der Waals surface area contributed by atoms with Gasteiger partial charge in [-0.2, -0.15) is 0 Å². The topological polar surface area (TPSA) is 125 Å². The quantitative estimate of drug-likeness (QED) is 0.253. The average molecular weight is 446 g/mol. The molecule has 3 aromatic carbocycles. The number of hydrogen-bond acceptors (Lipinski definition) is 3. The maximum atomic E-state index is 12.1. The van der Waals surface area contributed by atoms with E-state index in [2.05, 4.69) is 4.58 Å². The van der Waals surface area contributed by atoms with Crippen LogP contribution in [0.1, 0.15) is 36.0 Å². The molecule has 170 valence electrons. The minimum atomic E-state index is -0.873. The monoisotopic (exact) mass is 445 g/mol. The van der Waals surface area contributed by atoms with E-state index in [-0.39, 0.29) is 11.9 Å².